The average Bonchev–Trinajstić information content (AvgIpc) is 3.31. The number of benzene rings is 4. The minimum absolute atomic E-state index is 0.122. The number of aromatic nitrogens is 2. The molecule has 32 heavy (non-hydrogen) atoms. The standard InChI is InChI=1S/C27H20N4O/c32-24-17-16-22(31-30-21-14-8-3-9-15-21)18-23(24)27-28-25(19-10-4-1-5-11-19)26(29-27)20-12-6-2-7-13-20/h1-18,32H,(H,28,29). The molecule has 0 fully saturated rings. The molecule has 0 unspecified atom stereocenters. The molecule has 5 aromatic rings. The highest BCUT2D eigenvalue weighted by atomic mass is 16.3. The molecule has 5 nitrogen and oxygen atoms in total. The molecule has 154 valence electrons. The largest absolute Gasteiger partial charge is 0.507 e. The summed E-state index contributed by atoms with van der Waals surface area (Å²) in [6, 6.07) is 34.7. The summed E-state index contributed by atoms with van der Waals surface area (Å²) in [6.45, 7) is 0. The maximum Gasteiger partial charge on any atom is 0.142 e. The van der Waals surface area contributed by atoms with Crippen LogP contribution in [-0.4, -0.2) is 15.1 Å². The van der Waals surface area contributed by atoms with Crippen LogP contribution in [0.5, 0.6) is 5.75 Å². The molecule has 0 saturated heterocycles. The van der Waals surface area contributed by atoms with E-state index in [9.17, 15) is 5.11 Å². The number of rotatable bonds is 5. The first kappa shape index (κ1) is 19.5. The first-order valence-electron chi connectivity index (χ1n) is 10.3. The van der Waals surface area contributed by atoms with Crippen LogP contribution in [0, 0.1) is 0 Å². The number of nitrogens with zero attached hydrogens (tertiary/aromatic N) is 3. The van der Waals surface area contributed by atoms with Crippen molar-refractivity contribution in [1.29, 1.82) is 0 Å². The topological polar surface area (TPSA) is 73.6 Å². The van der Waals surface area contributed by atoms with Crippen LogP contribution in [-0.2, 0) is 0 Å². The average molecular weight is 416 g/mol. The van der Waals surface area contributed by atoms with Crippen LogP contribution in [0.15, 0.2) is 119 Å². The molecule has 0 atom stereocenters. The van der Waals surface area contributed by atoms with E-state index in [1.807, 2.05) is 91.0 Å². The Kier molecular flexibility index (Phi) is 5.29. The van der Waals surface area contributed by atoms with Crippen LogP contribution in [0.4, 0.5) is 11.4 Å². The number of H-pyrrole nitrogens is 1. The first-order chi connectivity index (χ1) is 15.8. The second-order valence-corrected chi connectivity index (χ2v) is 7.28. The van der Waals surface area contributed by atoms with E-state index in [4.69, 9.17) is 4.98 Å². The maximum atomic E-state index is 10.6. The summed E-state index contributed by atoms with van der Waals surface area (Å²) < 4.78 is 0. The lowest BCUT2D eigenvalue weighted by Crippen LogP contribution is -1.82. The Labute approximate surface area is 185 Å². The second kappa shape index (κ2) is 8.70. The summed E-state index contributed by atoms with van der Waals surface area (Å²) in [5.74, 6) is 0.689. The van der Waals surface area contributed by atoms with Crippen molar-refractivity contribution in [3.05, 3.63) is 109 Å². The van der Waals surface area contributed by atoms with Gasteiger partial charge in [-0.05, 0) is 30.3 Å². The van der Waals surface area contributed by atoms with Gasteiger partial charge in [0.2, 0.25) is 0 Å². The van der Waals surface area contributed by atoms with E-state index in [-0.39, 0.29) is 5.75 Å². The molecule has 5 rings (SSSR count). The number of nitrogens with one attached hydrogen (secondary N) is 1. The van der Waals surface area contributed by atoms with Gasteiger partial charge in [0.25, 0.3) is 0 Å². The number of phenols is 1. The number of azo groups is 1. The van der Waals surface area contributed by atoms with E-state index in [1.165, 1.54) is 0 Å². The van der Waals surface area contributed by atoms with Crippen LogP contribution < -0.4 is 0 Å². The van der Waals surface area contributed by atoms with Crippen molar-refractivity contribution < 1.29 is 5.11 Å². The zero-order valence-electron chi connectivity index (χ0n) is 17.2. The van der Waals surface area contributed by atoms with Crippen molar-refractivity contribution in [2.45, 2.75) is 0 Å². The van der Waals surface area contributed by atoms with Gasteiger partial charge in [-0.2, -0.15) is 10.2 Å². The summed E-state index contributed by atoms with van der Waals surface area (Å²) in [7, 11) is 0. The Morgan fingerprint density at radius 2 is 1.22 bits per heavy atom. The molecule has 0 spiro atoms. The van der Waals surface area contributed by atoms with Crippen molar-refractivity contribution in [2.24, 2.45) is 10.2 Å². The van der Waals surface area contributed by atoms with Gasteiger partial charge in [-0.25, -0.2) is 4.98 Å². The monoisotopic (exact) mass is 416 g/mol. The Morgan fingerprint density at radius 1 is 0.625 bits per heavy atom. The van der Waals surface area contributed by atoms with Gasteiger partial charge in [-0.3, -0.25) is 0 Å². The van der Waals surface area contributed by atoms with E-state index in [2.05, 4.69) is 15.2 Å². The molecule has 0 aliphatic carbocycles. The minimum Gasteiger partial charge on any atom is -0.507 e. The third-order valence-electron chi connectivity index (χ3n) is 5.09. The number of aromatic amines is 1. The van der Waals surface area contributed by atoms with Gasteiger partial charge >= 0.3 is 0 Å². The lowest BCUT2D eigenvalue weighted by molar-refractivity contribution is 0.477. The van der Waals surface area contributed by atoms with Gasteiger partial charge in [-0.15, -0.1) is 0 Å². The molecule has 0 saturated carbocycles. The van der Waals surface area contributed by atoms with Crippen LogP contribution in [0.2, 0.25) is 0 Å². The van der Waals surface area contributed by atoms with Gasteiger partial charge in [0.15, 0.2) is 0 Å². The van der Waals surface area contributed by atoms with Crippen LogP contribution in [0.1, 0.15) is 0 Å². The smallest absolute Gasteiger partial charge is 0.142 e. The number of aromatic hydroxyl groups is 1. The number of phenolic OH excluding ortho intramolecular Hbond substituents is 1. The molecule has 1 aromatic heterocycles. The zero-order chi connectivity index (χ0) is 21.8. The highest BCUT2D eigenvalue weighted by Crippen LogP contribution is 2.37. The highest BCUT2D eigenvalue weighted by Gasteiger charge is 2.17. The van der Waals surface area contributed by atoms with E-state index >= 15 is 0 Å². The molecule has 5 heteroatoms. The van der Waals surface area contributed by atoms with E-state index in [0.29, 0.717) is 17.1 Å². The number of hydrogen-bond acceptors (Lipinski definition) is 4. The Balaban J connectivity index is 1.59. The fourth-order valence-corrected chi connectivity index (χ4v) is 3.51. The molecule has 2 N–H and O–H groups in total. The molecular weight excluding hydrogens is 396 g/mol. The molecule has 0 amide bonds. The number of hydrogen-bond donors (Lipinski definition) is 2. The summed E-state index contributed by atoms with van der Waals surface area (Å²) in [5.41, 5.74) is 5.68. The molecule has 0 aliphatic heterocycles. The van der Waals surface area contributed by atoms with Crippen molar-refractivity contribution in [3.8, 4) is 39.7 Å². The highest BCUT2D eigenvalue weighted by molar-refractivity contribution is 5.82. The molecule has 4 aromatic carbocycles. The molecule has 0 bridgehead atoms. The summed E-state index contributed by atoms with van der Waals surface area (Å²) in [6.07, 6.45) is 0. The Morgan fingerprint density at radius 3 is 1.91 bits per heavy atom. The normalized spacial score (nSPS) is 11.1. The van der Waals surface area contributed by atoms with Gasteiger partial charge in [0, 0.05) is 11.1 Å². The third-order valence-corrected chi connectivity index (χ3v) is 5.09. The zero-order valence-corrected chi connectivity index (χ0v) is 17.2. The summed E-state index contributed by atoms with van der Waals surface area (Å²) in [4.78, 5) is 8.27. The van der Waals surface area contributed by atoms with Crippen molar-refractivity contribution >= 4 is 11.4 Å². The second-order valence-electron chi connectivity index (χ2n) is 7.28. The quantitative estimate of drug-likeness (QED) is 0.291. The summed E-state index contributed by atoms with van der Waals surface area (Å²) in [5, 5.41) is 19.2. The maximum absolute atomic E-state index is 10.6. The molecule has 0 radical (unpaired) electrons. The van der Waals surface area contributed by atoms with Gasteiger partial charge < -0.3 is 10.1 Å². The fourth-order valence-electron chi connectivity index (χ4n) is 3.51. The Bertz CT molecular complexity index is 1300. The lowest BCUT2D eigenvalue weighted by atomic mass is 10.1. The van der Waals surface area contributed by atoms with Crippen LogP contribution >= 0.6 is 0 Å². The fraction of sp³-hybridized carbons (Fsp3) is 0. The van der Waals surface area contributed by atoms with E-state index in [1.54, 1.807) is 18.2 Å². The van der Waals surface area contributed by atoms with Gasteiger partial charge in [0.1, 0.15) is 11.6 Å². The van der Waals surface area contributed by atoms with Gasteiger partial charge in [0.05, 0.1) is 28.3 Å². The number of imidazole rings is 1. The van der Waals surface area contributed by atoms with Crippen molar-refractivity contribution in [3.63, 3.8) is 0 Å². The van der Waals surface area contributed by atoms with Crippen molar-refractivity contribution in [2.75, 3.05) is 0 Å². The first-order valence-corrected chi connectivity index (χ1v) is 10.3. The minimum atomic E-state index is 0.122. The van der Waals surface area contributed by atoms with Crippen molar-refractivity contribution in [1.82, 2.24) is 9.97 Å². The molecule has 1 heterocycles. The third kappa shape index (κ3) is 4.04. The molecular formula is C27H20N4O. The predicted molar refractivity (Wildman–Crippen MR) is 127 cm³/mol. The van der Waals surface area contributed by atoms with E-state index < -0.39 is 0 Å². The summed E-state index contributed by atoms with van der Waals surface area (Å²) >= 11 is 0. The van der Waals surface area contributed by atoms with E-state index in [0.717, 1.165) is 28.2 Å². The van der Waals surface area contributed by atoms with Crippen LogP contribution in [0.3, 0.4) is 0 Å². The molecule has 0 aliphatic rings. The lowest BCUT2D eigenvalue weighted by Gasteiger charge is -2.03. The SMILES string of the molecule is Oc1ccc(N=Nc2ccccc2)cc1-c1nc(-c2ccccc2)c(-c2ccccc2)[nH]1. The predicted octanol–water partition coefficient (Wildman–Crippen LogP) is 7.53. The Hall–Kier alpha value is -4.51. The van der Waals surface area contributed by atoms with Gasteiger partial charge in [-0.1, -0.05) is 78.9 Å². The van der Waals surface area contributed by atoms with Crippen LogP contribution in [0.25, 0.3) is 33.9 Å².